The number of halogens is 4. The molecule has 0 spiro atoms. The zero-order valence-corrected chi connectivity index (χ0v) is 20.4. The lowest BCUT2D eigenvalue weighted by Crippen LogP contribution is -2.46. The van der Waals surface area contributed by atoms with Gasteiger partial charge in [-0.2, -0.15) is 4.37 Å². The number of nitrogens with two attached hydrogens (primary N) is 1. The molecule has 0 saturated carbocycles. The Morgan fingerprint density at radius 3 is 2.61 bits per heavy atom. The summed E-state index contributed by atoms with van der Waals surface area (Å²) in [7, 11) is 0. The number of hydrogen-bond donors (Lipinski definition) is 2. The van der Waals surface area contributed by atoms with Crippen LogP contribution >= 0.6 is 36.3 Å². The molecule has 3 aromatic rings. The van der Waals surface area contributed by atoms with E-state index in [2.05, 4.69) is 31.5 Å². The molecule has 178 valence electrons. The van der Waals surface area contributed by atoms with Crippen LogP contribution in [0.15, 0.2) is 30.6 Å². The molecule has 3 N–H and O–H groups in total. The molecule has 7 nitrogen and oxygen atoms in total. The lowest BCUT2D eigenvalue weighted by Gasteiger charge is -2.37. The van der Waals surface area contributed by atoms with Crippen LogP contribution in [0.3, 0.4) is 0 Å². The normalized spacial score (nSPS) is 17.7. The second kappa shape index (κ2) is 11.1. The molecule has 2 atom stereocenters. The number of amides is 1. The number of aromatic nitrogens is 3. The molecule has 0 radical (unpaired) electrons. The lowest BCUT2D eigenvalue weighted by molar-refractivity contribution is 0.102. The van der Waals surface area contributed by atoms with Crippen molar-refractivity contribution in [1.82, 2.24) is 14.3 Å². The van der Waals surface area contributed by atoms with Crippen molar-refractivity contribution in [3.8, 4) is 11.4 Å². The summed E-state index contributed by atoms with van der Waals surface area (Å²) in [5.41, 5.74) is 7.59. The van der Waals surface area contributed by atoms with Gasteiger partial charge in [-0.05, 0) is 54.6 Å². The Morgan fingerprint density at radius 2 is 1.94 bits per heavy atom. The minimum atomic E-state index is -0.771. The van der Waals surface area contributed by atoms with Crippen LogP contribution in [-0.4, -0.2) is 39.4 Å². The number of hydrogen-bond acceptors (Lipinski definition) is 7. The van der Waals surface area contributed by atoms with Crippen LogP contribution in [0.2, 0.25) is 0 Å². The number of pyridine rings is 1. The van der Waals surface area contributed by atoms with Crippen molar-refractivity contribution >= 4 is 53.6 Å². The van der Waals surface area contributed by atoms with Crippen molar-refractivity contribution in [2.75, 3.05) is 23.3 Å². The van der Waals surface area contributed by atoms with Crippen molar-refractivity contribution in [1.29, 1.82) is 0 Å². The quantitative estimate of drug-likeness (QED) is 0.531. The Balaban J connectivity index is 0.00000193. The van der Waals surface area contributed by atoms with Crippen LogP contribution in [0, 0.1) is 24.5 Å². The number of benzene rings is 1. The van der Waals surface area contributed by atoms with E-state index < -0.39 is 17.5 Å². The third-order valence-electron chi connectivity index (χ3n) is 5.11. The monoisotopic (exact) mass is 516 g/mol. The highest BCUT2D eigenvalue weighted by molar-refractivity contribution is 7.08. The number of carbonyl (C=O) groups is 1. The topological polar surface area (TPSA) is 97.0 Å². The van der Waals surface area contributed by atoms with E-state index in [0.717, 1.165) is 30.2 Å². The molecule has 0 aliphatic carbocycles. The summed E-state index contributed by atoms with van der Waals surface area (Å²) in [6.45, 7) is 5.21. The molecule has 1 amide bonds. The van der Waals surface area contributed by atoms with Crippen LogP contribution in [0.25, 0.3) is 11.4 Å². The Hall–Kier alpha value is -2.40. The first kappa shape index (κ1) is 26.8. The molecule has 1 aliphatic heterocycles. The molecule has 0 bridgehead atoms. The van der Waals surface area contributed by atoms with Gasteiger partial charge in [0.1, 0.15) is 11.6 Å². The van der Waals surface area contributed by atoms with Gasteiger partial charge in [-0.15, -0.1) is 24.8 Å². The number of nitrogens with one attached hydrogen (secondary N) is 1. The fraction of sp³-hybridized carbons (Fsp3) is 0.333. The van der Waals surface area contributed by atoms with E-state index in [-0.39, 0.29) is 47.3 Å². The van der Waals surface area contributed by atoms with Gasteiger partial charge in [-0.3, -0.25) is 9.78 Å². The summed E-state index contributed by atoms with van der Waals surface area (Å²) in [6, 6.07) is 4.27. The van der Waals surface area contributed by atoms with Crippen LogP contribution < -0.4 is 16.0 Å². The van der Waals surface area contributed by atoms with Crippen LogP contribution in [0.5, 0.6) is 0 Å². The standard InChI is InChI=1S/C21H22F2N6OS.2ClH/c1-11-6-14(22)18(15(23)7-11)19-27-21(31-28-19)20(30)26-16-8-25-4-3-17(16)29-9-12(2)5-13(24)10-29;;/h3-4,6-8,12-13H,5,9-10,24H2,1-2H3,(H,26,30);2*1H/t12-,13+;;/m1../s1. The molecule has 2 aromatic heterocycles. The largest absolute Gasteiger partial charge is 0.368 e. The molecular formula is C21H24Cl2F2N6OS. The maximum Gasteiger partial charge on any atom is 0.286 e. The van der Waals surface area contributed by atoms with Crippen molar-refractivity contribution in [2.45, 2.75) is 26.3 Å². The average Bonchev–Trinajstić information content (AvgIpc) is 3.16. The van der Waals surface area contributed by atoms with E-state index in [1.54, 1.807) is 19.3 Å². The fourth-order valence-electron chi connectivity index (χ4n) is 3.86. The van der Waals surface area contributed by atoms with E-state index in [4.69, 9.17) is 5.73 Å². The second-order valence-corrected chi connectivity index (χ2v) is 8.63. The van der Waals surface area contributed by atoms with Gasteiger partial charge in [-0.25, -0.2) is 13.8 Å². The first-order valence-electron chi connectivity index (χ1n) is 9.87. The van der Waals surface area contributed by atoms with Gasteiger partial charge in [0.15, 0.2) is 5.82 Å². The van der Waals surface area contributed by atoms with Crippen molar-refractivity contribution in [2.24, 2.45) is 11.7 Å². The predicted molar refractivity (Wildman–Crippen MR) is 131 cm³/mol. The van der Waals surface area contributed by atoms with E-state index in [0.29, 0.717) is 23.7 Å². The summed E-state index contributed by atoms with van der Waals surface area (Å²) < 4.78 is 32.5. The SMILES string of the molecule is Cc1cc(F)c(-c2nsc(C(=O)Nc3cnccc3N3C[C@H](C)C[C@H](N)C3)n2)c(F)c1.Cl.Cl. The van der Waals surface area contributed by atoms with Gasteiger partial charge in [0.05, 0.1) is 23.1 Å². The maximum atomic E-state index is 14.2. The Bertz CT molecular complexity index is 1100. The average molecular weight is 517 g/mol. The number of anilines is 2. The van der Waals surface area contributed by atoms with Crippen molar-refractivity contribution < 1.29 is 13.6 Å². The molecule has 3 heterocycles. The number of rotatable bonds is 4. The predicted octanol–water partition coefficient (Wildman–Crippen LogP) is 4.46. The third-order valence-corrected chi connectivity index (χ3v) is 5.82. The summed E-state index contributed by atoms with van der Waals surface area (Å²) >= 11 is 0.775. The molecule has 12 heteroatoms. The van der Waals surface area contributed by atoms with Crippen LogP contribution in [0.1, 0.15) is 28.7 Å². The third kappa shape index (κ3) is 5.94. The molecule has 1 aromatic carbocycles. The van der Waals surface area contributed by atoms with E-state index in [1.807, 2.05) is 6.07 Å². The summed E-state index contributed by atoms with van der Waals surface area (Å²) in [5.74, 6) is -1.81. The zero-order chi connectivity index (χ0) is 22.1. The molecule has 0 unspecified atom stereocenters. The van der Waals surface area contributed by atoms with Gasteiger partial charge in [0.25, 0.3) is 5.91 Å². The van der Waals surface area contributed by atoms with Crippen molar-refractivity contribution in [3.05, 3.63) is 52.8 Å². The fourth-order valence-corrected chi connectivity index (χ4v) is 4.43. The van der Waals surface area contributed by atoms with E-state index in [1.165, 1.54) is 12.1 Å². The van der Waals surface area contributed by atoms with Gasteiger partial charge >= 0.3 is 0 Å². The van der Waals surface area contributed by atoms with Crippen LogP contribution in [0.4, 0.5) is 20.2 Å². The number of aryl methyl sites for hydroxylation is 1. The van der Waals surface area contributed by atoms with Gasteiger partial charge in [0, 0.05) is 25.3 Å². The zero-order valence-electron chi connectivity index (χ0n) is 17.9. The second-order valence-electron chi connectivity index (χ2n) is 7.88. The lowest BCUT2D eigenvalue weighted by atomic mass is 9.96. The number of nitrogens with zero attached hydrogens (tertiary/aromatic N) is 4. The smallest absolute Gasteiger partial charge is 0.286 e. The molecular weight excluding hydrogens is 493 g/mol. The van der Waals surface area contributed by atoms with Gasteiger partial charge in [0.2, 0.25) is 5.01 Å². The molecule has 33 heavy (non-hydrogen) atoms. The highest BCUT2D eigenvalue weighted by Crippen LogP contribution is 2.30. The number of piperidine rings is 1. The Morgan fingerprint density at radius 1 is 1.24 bits per heavy atom. The summed E-state index contributed by atoms with van der Waals surface area (Å²) in [4.78, 5) is 23.1. The molecule has 1 fully saturated rings. The van der Waals surface area contributed by atoms with E-state index >= 15 is 0 Å². The number of carbonyl (C=O) groups excluding carboxylic acids is 1. The Kier molecular flexibility index (Phi) is 9.07. The first-order chi connectivity index (χ1) is 14.8. The Labute approximate surface area is 206 Å². The molecule has 1 saturated heterocycles. The maximum absolute atomic E-state index is 14.2. The first-order valence-corrected chi connectivity index (χ1v) is 10.6. The van der Waals surface area contributed by atoms with E-state index in [9.17, 15) is 13.6 Å². The van der Waals surface area contributed by atoms with Crippen molar-refractivity contribution in [3.63, 3.8) is 0 Å². The highest BCUT2D eigenvalue weighted by atomic mass is 35.5. The molecule has 4 rings (SSSR count). The van der Waals surface area contributed by atoms with Crippen LogP contribution in [-0.2, 0) is 0 Å². The summed E-state index contributed by atoms with van der Waals surface area (Å²) in [6.07, 6.45) is 4.16. The minimum Gasteiger partial charge on any atom is -0.368 e. The minimum absolute atomic E-state index is 0. The highest BCUT2D eigenvalue weighted by Gasteiger charge is 2.25. The summed E-state index contributed by atoms with van der Waals surface area (Å²) in [5, 5.41) is 2.79. The molecule has 1 aliphatic rings. The van der Waals surface area contributed by atoms with Gasteiger partial charge in [-0.1, -0.05) is 6.92 Å². The van der Waals surface area contributed by atoms with Gasteiger partial charge < -0.3 is 16.0 Å².